The first-order chi connectivity index (χ1) is 15.9. The van der Waals surface area contributed by atoms with Gasteiger partial charge in [-0.25, -0.2) is 4.98 Å². The van der Waals surface area contributed by atoms with E-state index in [0.717, 1.165) is 24.9 Å². The largest absolute Gasteiger partial charge is 0.486 e. The number of aryl methyl sites for hydroxylation is 1. The van der Waals surface area contributed by atoms with Crippen LogP contribution < -0.4 is 15.8 Å². The number of para-hydroxylation sites is 1. The number of benzene rings is 2. The Balaban J connectivity index is 1.43. The molecule has 1 fully saturated rings. The van der Waals surface area contributed by atoms with Crippen molar-refractivity contribution in [3.8, 4) is 5.75 Å². The molecule has 0 radical (unpaired) electrons. The molecule has 0 saturated carbocycles. The van der Waals surface area contributed by atoms with Crippen LogP contribution in [0.25, 0.3) is 0 Å². The highest BCUT2D eigenvalue weighted by Gasteiger charge is 2.29. The zero-order chi connectivity index (χ0) is 23.4. The molecule has 9 heteroatoms. The minimum Gasteiger partial charge on any atom is -0.486 e. The second-order valence-electron chi connectivity index (χ2n) is 7.91. The van der Waals surface area contributed by atoms with Crippen LogP contribution in [0.3, 0.4) is 0 Å². The molecule has 1 atom stereocenters. The zero-order valence-corrected chi connectivity index (χ0v) is 19.8. The first-order valence-electron chi connectivity index (χ1n) is 10.7. The van der Waals surface area contributed by atoms with Crippen molar-refractivity contribution in [2.24, 2.45) is 5.73 Å². The molecule has 0 spiro atoms. The second kappa shape index (κ2) is 10.3. The first kappa shape index (κ1) is 23.2. The highest BCUT2D eigenvalue weighted by atomic mass is 35.5. The molecule has 3 N–H and O–H groups in total. The van der Waals surface area contributed by atoms with Crippen LogP contribution in [0, 0.1) is 6.92 Å². The van der Waals surface area contributed by atoms with Gasteiger partial charge in [-0.15, -0.1) is 11.3 Å². The van der Waals surface area contributed by atoms with Crippen LogP contribution in [0.5, 0.6) is 5.75 Å². The van der Waals surface area contributed by atoms with Crippen molar-refractivity contribution in [3.63, 3.8) is 0 Å². The van der Waals surface area contributed by atoms with E-state index in [-0.39, 0.29) is 24.5 Å². The summed E-state index contributed by atoms with van der Waals surface area (Å²) in [5.41, 5.74) is 7.85. The van der Waals surface area contributed by atoms with E-state index in [1.165, 1.54) is 11.3 Å². The van der Waals surface area contributed by atoms with Crippen LogP contribution in [0.2, 0.25) is 5.02 Å². The van der Waals surface area contributed by atoms with E-state index in [4.69, 9.17) is 22.1 Å². The molecule has 0 bridgehead atoms. The number of amides is 2. The number of carbonyl (C=O) groups excluding carboxylic acids is 2. The Morgan fingerprint density at radius 1 is 1.24 bits per heavy atom. The van der Waals surface area contributed by atoms with Crippen LogP contribution in [0.4, 0.5) is 5.69 Å². The first-order valence-corrected chi connectivity index (χ1v) is 11.9. The number of thiazole rings is 1. The Morgan fingerprint density at radius 3 is 2.76 bits per heavy atom. The van der Waals surface area contributed by atoms with Crippen molar-refractivity contribution in [2.75, 3.05) is 11.9 Å². The van der Waals surface area contributed by atoms with Gasteiger partial charge in [0.2, 0.25) is 5.91 Å². The fraction of sp³-hybridized carbons (Fsp3) is 0.292. The minimum absolute atomic E-state index is 0.219. The summed E-state index contributed by atoms with van der Waals surface area (Å²) < 4.78 is 5.75. The van der Waals surface area contributed by atoms with Crippen molar-refractivity contribution in [1.82, 2.24) is 9.88 Å². The van der Waals surface area contributed by atoms with Crippen LogP contribution in [-0.2, 0) is 17.9 Å². The van der Waals surface area contributed by atoms with Gasteiger partial charge in [-0.1, -0.05) is 29.8 Å². The van der Waals surface area contributed by atoms with Gasteiger partial charge in [0, 0.05) is 17.3 Å². The van der Waals surface area contributed by atoms with Crippen molar-refractivity contribution >= 4 is 40.4 Å². The third kappa shape index (κ3) is 5.71. The number of aromatic nitrogens is 1. The number of rotatable bonds is 8. The lowest BCUT2D eigenvalue weighted by molar-refractivity contribution is -0.122. The van der Waals surface area contributed by atoms with Crippen LogP contribution in [-0.4, -0.2) is 34.3 Å². The Morgan fingerprint density at radius 2 is 2.00 bits per heavy atom. The number of anilines is 1. The number of nitrogens with zero attached hydrogens (tertiary/aromatic N) is 2. The van der Waals surface area contributed by atoms with E-state index in [0.29, 0.717) is 38.6 Å². The number of nitrogens with two attached hydrogens (primary N) is 1. The number of hydrogen-bond acceptors (Lipinski definition) is 6. The van der Waals surface area contributed by atoms with E-state index in [1.54, 1.807) is 24.3 Å². The topological polar surface area (TPSA) is 97.6 Å². The average molecular weight is 485 g/mol. The number of halogens is 1. The lowest BCUT2D eigenvalue weighted by atomic mass is 10.1. The van der Waals surface area contributed by atoms with E-state index >= 15 is 0 Å². The van der Waals surface area contributed by atoms with Gasteiger partial charge in [0.05, 0.1) is 11.7 Å². The monoisotopic (exact) mass is 484 g/mol. The maximum atomic E-state index is 13.0. The SMILES string of the molecule is Cc1nc(COc2ccc(Cl)cc2)sc1C(=O)Nc1ccccc1CN1CCCC1C(N)=O. The normalized spacial score (nSPS) is 16.0. The fourth-order valence-electron chi connectivity index (χ4n) is 3.92. The molecule has 3 aromatic rings. The number of likely N-dealkylation sites (tertiary alicyclic amines) is 1. The van der Waals surface area contributed by atoms with Gasteiger partial charge >= 0.3 is 0 Å². The Kier molecular flexibility index (Phi) is 7.27. The van der Waals surface area contributed by atoms with E-state index in [9.17, 15) is 9.59 Å². The predicted molar refractivity (Wildman–Crippen MR) is 130 cm³/mol. The molecule has 7 nitrogen and oxygen atoms in total. The molecule has 1 aromatic heterocycles. The molecule has 2 aromatic carbocycles. The standard InChI is InChI=1S/C24H25ClN4O3S/c1-15-22(33-21(27-15)14-32-18-10-8-17(25)9-11-18)24(31)28-19-6-3-2-5-16(19)13-29-12-4-7-20(29)23(26)30/h2-3,5-6,8-11,20H,4,7,12-14H2,1H3,(H2,26,30)(H,28,31). The summed E-state index contributed by atoms with van der Waals surface area (Å²) in [6.07, 6.45) is 1.70. The van der Waals surface area contributed by atoms with Gasteiger partial charge in [-0.05, 0) is 62.2 Å². The Bertz CT molecular complexity index is 1150. The maximum Gasteiger partial charge on any atom is 0.267 e. The van der Waals surface area contributed by atoms with Crippen LogP contribution >= 0.6 is 22.9 Å². The summed E-state index contributed by atoms with van der Waals surface area (Å²) in [5.74, 6) is 0.161. The molecule has 2 amide bonds. The number of ether oxygens (including phenoxy) is 1. The minimum atomic E-state index is -0.303. The van der Waals surface area contributed by atoms with Crippen LogP contribution in [0.15, 0.2) is 48.5 Å². The summed E-state index contributed by atoms with van der Waals surface area (Å²) in [5, 5.41) is 4.36. The van der Waals surface area contributed by atoms with Crippen molar-refractivity contribution < 1.29 is 14.3 Å². The van der Waals surface area contributed by atoms with Gasteiger partial charge in [0.15, 0.2) is 0 Å². The smallest absolute Gasteiger partial charge is 0.267 e. The third-order valence-electron chi connectivity index (χ3n) is 5.55. The average Bonchev–Trinajstić information content (AvgIpc) is 3.41. The Labute approximate surface area is 201 Å². The summed E-state index contributed by atoms with van der Waals surface area (Å²) in [4.78, 5) is 31.9. The maximum absolute atomic E-state index is 13.0. The summed E-state index contributed by atoms with van der Waals surface area (Å²) >= 11 is 7.21. The Hall–Kier alpha value is -2.94. The highest BCUT2D eigenvalue weighted by Crippen LogP contribution is 2.26. The fourth-order valence-corrected chi connectivity index (χ4v) is 4.92. The van der Waals surface area contributed by atoms with E-state index in [1.807, 2.05) is 31.2 Å². The molecule has 172 valence electrons. The highest BCUT2D eigenvalue weighted by molar-refractivity contribution is 7.13. The van der Waals surface area contributed by atoms with Gasteiger partial charge in [0.25, 0.3) is 5.91 Å². The van der Waals surface area contributed by atoms with Crippen LogP contribution in [0.1, 0.15) is 38.8 Å². The molecule has 1 saturated heterocycles. The van der Waals surface area contributed by atoms with E-state index in [2.05, 4.69) is 15.2 Å². The number of primary amides is 1. The molecule has 0 aliphatic carbocycles. The van der Waals surface area contributed by atoms with Gasteiger partial charge < -0.3 is 15.8 Å². The molecule has 1 aliphatic heterocycles. The summed E-state index contributed by atoms with van der Waals surface area (Å²) in [7, 11) is 0. The molecular formula is C24H25ClN4O3S. The molecule has 1 unspecified atom stereocenters. The number of nitrogens with one attached hydrogen (secondary N) is 1. The molecule has 33 heavy (non-hydrogen) atoms. The summed E-state index contributed by atoms with van der Waals surface area (Å²) in [6, 6.07) is 14.4. The second-order valence-corrected chi connectivity index (χ2v) is 9.43. The van der Waals surface area contributed by atoms with Crippen molar-refractivity contribution in [1.29, 1.82) is 0 Å². The lowest BCUT2D eigenvalue weighted by Gasteiger charge is -2.23. The molecular weight excluding hydrogens is 460 g/mol. The van der Waals surface area contributed by atoms with Crippen molar-refractivity contribution in [3.05, 3.63) is 74.7 Å². The number of hydrogen-bond donors (Lipinski definition) is 2. The predicted octanol–water partition coefficient (Wildman–Crippen LogP) is 4.39. The zero-order valence-electron chi connectivity index (χ0n) is 18.2. The van der Waals surface area contributed by atoms with Gasteiger partial charge in [-0.2, -0.15) is 0 Å². The van der Waals surface area contributed by atoms with Crippen molar-refractivity contribution in [2.45, 2.75) is 39.0 Å². The molecule has 4 rings (SSSR count). The number of carbonyl (C=O) groups is 2. The molecule has 2 heterocycles. The summed E-state index contributed by atoms with van der Waals surface area (Å²) in [6.45, 7) is 3.43. The molecule has 1 aliphatic rings. The van der Waals surface area contributed by atoms with Gasteiger partial charge in [-0.3, -0.25) is 14.5 Å². The lowest BCUT2D eigenvalue weighted by Crippen LogP contribution is -2.39. The quantitative estimate of drug-likeness (QED) is 0.494. The van der Waals surface area contributed by atoms with Gasteiger partial charge in [0.1, 0.15) is 22.2 Å². The third-order valence-corrected chi connectivity index (χ3v) is 6.94. The van der Waals surface area contributed by atoms with E-state index < -0.39 is 0 Å².